The Kier molecular flexibility index (Phi) is 2.68. The molecule has 2 atom stereocenters. The SMILES string of the molecule is Fc1ccc2[nH]ncc2c1C1=NC(C2CCNC2)ON1. The second kappa shape index (κ2) is 4.53. The molecule has 1 saturated heterocycles. The summed E-state index contributed by atoms with van der Waals surface area (Å²) in [6, 6.07) is 3.07. The van der Waals surface area contributed by atoms with Crippen LogP contribution in [-0.2, 0) is 4.84 Å². The van der Waals surface area contributed by atoms with Crippen molar-refractivity contribution in [2.45, 2.75) is 12.6 Å². The first-order chi connectivity index (χ1) is 9.83. The summed E-state index contributed by atoms with van der Waals surface area (Å²) in [7, 11) is 0. The summed E-state index contributed by atoms with van der Waals surface area (Å²) in [4.78, 5) is 9.99. The summed E-state index contributed by atoms with van der Waals surface area (Å²) in [5.41, 5.74) is 3.95. The van der Waals surface area contributed by atoms with Crippen molar-refractivity contribution in [3.05, 3.63) is 29.7 Å². The van der Waals surface area contributed by atoms with E-state index >= 15 is 0 Å². The molecule has 1 fully saturated rings. The first kappa shape index (κ1) is 11.8. The van der Waals surface area contributed by atoms with Gasteiger partial charge in [0.05, 0.1) is 17.3 Å². The summed E-state index contributed by atoms with van der Waals surface area (Å²) < 4.78 is 14.1. The van der Waals surface area contributed by atoms with Gasteiger partial charge >= 0.3 is 0 Å². The Balaban J connectivity index is 1.74. The minimum Gasteiger partial charge on any atom is -0.316 e. The van der Waals surface area contributed by atoms with Crippen molar-refractivity contribution in [1.29, 1.82) is 0 Å². The monoisotopic (exact) mass is 275 g/mol. The number of hydrogen-bond donors (Lipinski definition) is 3. The van der Waals surface area contributed by atoms with Crippen LogP contribution in [0, 0.1) is 11.7 Å². The topological polar surface area (TPSA) is 74.3 Å². The molecule has 3 N–H and O–H groups in total. The Morgan fingerprint density at radius 2 is 2.30 bits per heavy atom. The largest absolute Gasteiger partial charge is 0.316 e. The zero-order chi connectivity index (χ0) is 13.5. The fraction of sp³-hybridized carbons (Fsp3) is 0.385. The van der Waals surface area contributed by atoms with Crippen LogP contribution in [-0.4, -0.2) is 35.4 Å². The molecule has 2 aliphatic heterocycles. The molecule has 4 rings (SSSR count). The minimum absolute atomic E-state index is 0.262. The van der Waals surface area contributed by atoms with Crippen molar-refractivity contribution in [3.63, 3.8) is 0 Å². The summed E-state index contributed by atoms with van der Waals surface area (Å²) >= 11 is 0. The predicted molar refractivity (Wildman–Crippen MR) is 71.6 cm³/mol. The van der Waals surface area contributed by atoms with E-state index in [0.29, 0.717) is 22.7 Å². The fourth-order valence-electron chi connectivity index (χ4n) is 2.77. The van der Waals surface area contributed by atoms with Gasteiger partial charge in [0.2, 0.25) is 0 Å². The maximum Gasteiger partial charge on any atom is 0.181 e. The molecule has 0 radical (unpaired) electrons. The molecule has 2 unspecified atom stereocenters. The predicted octanol–water partition coefficient (Wildman–Crippen LogP) is 0.919. The average molecular weight is 275 g/mol. The molecule has 3 heterocycles. The van der Waals surface area contributed by atoms with Crippen LogP contribution >= 0.6 is 0 Å². The molecule has 0 bridgehead atoms. The van der Waals surface area contributed by atoms with Crippen molar-refractivity contribution in [2.24, 2.45) is 10.9 Å². The van der Waals surface area contributed by atoms with Gasteiger partial charge in [-0.15, -0.1) is 0 Å². The standard InChI is InChI=1S/C13H14FN5O/c14-9-1-2-10-8(6-16-18-10)11(9)12-17-13(20-19-12)7-3-4-15-5-7/h1-2,6-7,13,15H,3-5H2,(H,16,18)(H,17,19). The number of nitrogens with zero attached hydrogens (tertiary/aromatic N) is 2. The third-order valence-electron chi connectivity index (χ3n) is 3.84. The summed E-state index contributed by atoms with van der Waals surface area (Å²) in [6.07, 6.45) is 2.35. The van der Waals surface area contributed by atoms with Crippen LogP contribution in [0.1, 0.15) is 12.0 Å². The molecule has 7 heteroatoms. The zero-order valence-electron chi connectivity index (χ0n) is 10.7. The number of hydrogen-bond acceptors (Lipinski definition) is 5. The Morgan fingerprint density at radius 1 is 1.35 bits per heavy atom. The minimum atomic E-state index is -0.334. The molecule has 0 spiro atoms. The number of nitrogens with one attached hydrogen (secondary N) is 3. The number of rotatable bonds is 2. The van der Waals surface area contributed by atoms with Gasteiger partial charge in [0.15, 0.2) is 12.1 Å². The number of aromatic amines is 1. The van der Waals surface area contributed by atoms with Crippen LogP contribution in [0.3, 0.4) is 0 Å². The number of benzene rings is 1. The van der Waals surface area contributed by atoms with E-state index < -0.39 is 0 Å². The highest BCUT2D eigenvalue weighted by molar-refractivity contribution is 6.09. The van der Waals surface area contributed by atoms with Gasteiger partial charge in [0.25, 0.3) is 0 Å². The smallest absolute Gasteiger partial charge is 0.181 e. The third-order valence-corrected chi connectivity index (χ3v) is 3.84. The second-order valence-electron chi connectivity index (χ2n) is 5.09. The number of fused-ring (bicyclic) bond motifs is 1. The van der Waals surface area contributed by atoms with Gasteiger partial charge in [0.1, 0.15) is 5.82 Å². The van der Waals surface area contributed by atoms with Crippen LogP contribution in [0.2, 0.25) is 0 Å². The normalized spacial score (nSPS) is 25.9. The van der Waals surface area contributed by atoms with E-state index in [9.17, 15) is 4.39 Å². The lowest BCUT2D eigenvalue weighted by atomic mass is 10.1. The van der Waals surface area contributed by atoms with Crippen molar-refractivity contribution in [2.75, 3.05) is 13.1 Å². The van der Waals surface area contributed by atoms with E-state index in [0.717, 1.165) is 25.0 Å². The number of amidine groups is 1. The van der Waals surface area contributed by atoms with Crippen LogP contribution in [0.4, 0.5) is 4.39 Å². The number of halogens is 1. The van der Waals surface area contributed by atoms with E-state index in [4.69, 9.17) is 4.84 Å². The van der Waals surface area contributed by atoms with Crippen molar-refractivity contribution < 1.29 is 9.23 Å². The highest BCUT2D eigenvalue weighted by atomic mass is 19.1. The number of aliphatic imine (C=N–C) groups is 1. The Bertz CT molecular complexity index is 676. The first-order valence-corrected chi connectivity index (χ1v) is 6.65. The molecule has 104 valence electrons. The molecular weight excluding hydrogens is 261 g/mol. The lowest BCUT2D eigenvalue weighted by molar-refractivity contribution is 0.00639. The Hall–Kier alpha value is -1.99. The lowest BCUT2D eigenvalue weighted by Crippen LogP contribution is -2.25. The van der Waals surface area contributed by atoms with Crippen molar-refractivity contribution >= 4 is 16.7 Å². The summed E-state index contributed by atoms with van der Waals surface area (Å²) in [5.74, 6) is 0.428. The third kappa shape index (κ3) is 1.78. The fourth-order valence-corrected chi connectivity index (χ4v) is 2.77. The molecule has 20 heavy (non-hydrogen) atoms. The highest BCUT2D eigenvalue weighted by Crippen LogP contribution is 2.25. The quantitative estimate of drug-likeness (QED) is 0.762. The maximum atomic E-state index is 14.1. The van der Waals surface area contributed by atoms with Gasteiger partial charge in [-0.05, 0) is 25.1 Å². The van der Waals surface area contributed by atoms with Crippen molar-refractivity contribution in [1.82, 2.24) is 21.0 Å². The van der Waals surface area contributed by atoms with Gasteiger partial charge < -0.3 is 5.32 Å². The summed E-state index contributed by atoms with van der Waals surface area (Å²) in [6.45, 7) is 1.85. The molecule has 6 nitrogen and oxygen atoms in total. The Morgan fingerprint density at radius 3 is 3.15 bits per heavy atom. The molecule has 1 aromatic heterocycles. The second-order valence-corrected chi connectivity index (χ2v) is 5.09. The Labute approximate surface area is 114 Å². The zero-order valence-corrected chi connectivity index (χ0v) is 10.7. The number of aromatic nitrogens is 2. The van der Waals surface area contributed by atoms with Crippen LogP contribution in [0.15, 0.2) is 23.3 Å². The number of hydroxylamine groups is 1. The van der Waals surface area contributed by atoms with Gasteiger partial charge in [-0.25, -0.2) is 19.7 Å². The molecule has 2 aromatic rings. The van der Waals surface area contributed by atoms with E-state index in [1.165, 1.54) is 6.07 Å². The molecule has 0 saturated carbocycles. The molecule has 1 aromatic carbocycles. The van der Waals surface area contributed by atoms with Crippen molar-refractivity contribution in [3.8, 4) is 0 Å². The van der Waals surface area contributed by atoms with Gasteiger partial charge in [-0.1, -0.05) is 0 Å². The first-order valence-electron chi connectivity index (χ1n) is 6.65. The van der Waals surface area contributed by atoms with Gasteiger partial charge in [-0.3, -0.25) is 5.10 Å². The average Bonchev–Trinajstić information content (AvgIpc) is 3.19. The number of H-pyrrole nitrogens is 1. The van der Waals surface area contributed by atoms with E-state index in [1.54, 1.807) is 12.3 Å². The van der Waals surface area contributed by atoms with Gasteiger partial charge in [0, 0.05) is 17.8 Å². The molecule has 0 amide bonds. The van der Waals surface area contributed by atoms with E-state index in [-0.39, 0.29) is 12.0 Å². The van der Waals surface area contributed by atoms with Crippen LogP contribution < -0.4 is 10.8 Å². The van der Waals surface area contributed by atoms with E-state index in [1.807, 2.05) is 0 Å². The molecular formula is C13H14FN5O. The molecule has 2 aliphatic rings. The van der Waals surface area contributed by atoms with E-state index in [2.05, 4.69) is 26.0 Å². The lowest BCUT2D eigenvalue weighted by Gasteiger charge is -2.11. The van der Waals surface area contributed by atoms with Crippen LogP contribution in [0.5, 0.6) is 0 Å². The summed E-state index contributed by atoms with van der Waals surface area (Å²) in [5, 5.41) is 10.7. The van der Waals surface area contributed by atoms with Crippen LogP contribution in [0.25, 0.3) is 10.9 Å². The maximum absolute atomic E-state index is 14.1. The molecule has 0 aliphatic carbocycles. The van der Waals surface area contributed by atoms with Gasteiger partial charge in [-0.2, -0.15) is 5.10 Å². The highest BCUT2D eigenvalue weighted by Gasteiger charge is 2.31.